The molecule has 1 aromatic heterocycles. The van der Waals surface area contributed by atoms with Gasteiger partial charge in [-0.05, 0) is 50.6 Å². The summed E-state index contributed by atoms with van der Waals surface area (Å²) in [6.07, 6.45) is 1.62. The Balaban J connectivity index is 2.18. The summed E-state index contributed by atoms with van der Waals surface area (Å²) in [5.74, 6) is -0.257. The van der Waals surface area contributed by atoms with Crippen molar-refractivity contribution in [1.82, 2.24) is 4.98 Å². The van der Waals surface area contributed by atoms with Gasteiger partial charge >= 0.3 is 0 Å². The average Bonchev–Trinajstić information content (AvgIpc) is 2.43. The van der Waals surface area contributed by atoms with Gasteiger partial charge in [-0.3, -0.25) is 9.78 Å². The lowest BCUT2D eigenvalue weighted by Crippen LogP contribution is -2.16. The highest BCUT2D eigenvalue weighted by Crippen LogP contribution is 2.23. The minimum absolute atomic E-state index is 0.257. The molecule has 5 heteroatoms. The predicted molar refractivity (Wildman–Crippen MR) is 87.1 cm³/mol. The molecule has 1 heterocycles. The molecule has 110 valence electrons. The Hall–Kier alpha value is -2.07. The summed E-state index contributed by atoms with van der Waals surface area (Å²) >= 11 is 6.05. The van der Waals surface area contributed by atoms with Crippen molar-refractivity contribution >= 4 is 28.9 Å². The average molecular weight is 304 g/mol. The molecule has 0 spiro atoms. The Morgan fingerprint density at radius 3 is 2.76 bits per heavy atom. The van der Waals surface area contributed by atoms with Crippen LogP contribution in [0.3, 0.4) is 0 Å². The number of nitrogens with zero attached hydrogens (tertiary/aromatic N) is 1. The maximum Gasteiger partial charge on any atom is 0.274 e. The van der Waals surface area contributed by atoms with E-state index in [1.165, 1.54) is 0 Å². The number of carbonyl (C=O) groups is 1. The van der Waals surface area contributed by atoms with Gasteiger partial charge in [0.1, 0.15) is 5.69 Å². The molecule has 0 aliphatic carbocycles. The van der Waals surface area contributed by atoms with E-state index in [1.54, 1.807) is 24.4 Å². The first kappa shape index (κ1) is 15.3. The highest BCUT2D eigenvalue weighted by atomic mass is 35.5. The summed E-state index contributed by atoms with van der Waals surface area (Å²) in [6.45, 7) is 5.94. The largest absolute Gasteiger partial charge is 0.383 e. The van der Waals surface area contributed by atoms with E-state index in [4.69, 9.17) is 11.6 Å². The van der Waals surface area contributed by atoms with Gasteiger partial charge in [0.05, 0.1) is 0 Å². The van der Waals surface area contributed by atoms with Gasteiger partial charge < -0.3 is 10.6 Å². The molecular formula is C16H18ClN3O. The second-order valence-corrected chi connectivity index (χ2v) is 5.50. The lowest BCUT2D eigenvalue weighted by molar-refractivity contribution is 0.102. The van der Waals surface area contributed by atoms with Crippen LogP contribution in [0.2, 0.25) is 5.02 Å². The second kappa shape index (κ2) is 6.59. The Morgan fingerprint density at radius 1 is 1.29 bits per heavy atom. The number of benzene rings is 1. The Labute approximate surface area is 129 Å². The number of nitrogens with one attached hydrogen (secondary N) is 2. The van der Waals surface area contributed by atoms with Gasteiger partial charge in [-0.25, -0.2) is 0 Å². The summed E-state index contributed by atoms with van der Waals surface area (Å²) in [4.78, 5) is 16.4. The topological polar surface area (TPSA) is 54.0 Å². The third kappa shape index (κ3) is 3.95. The summed E-state index contributed by atoms with van der Waals surface area (Å²) < 4.78 is 0. The molecule has 0 aliphatic heterocycles. The SMILES string of the molecule is Cc1c(Cl)cccc1NC(=O)c1cc(NC(C)C)ccn1. The highest BCUT2D eigenvalue weighted by Gasteiger charge is 2.11. The number of anilines is 2. The zero-order valence-electron chi connectivity index (χ0n) is 12.3. The molecule has 4 nitrogen and oxygen atoms in total. The second-order valence-electron chi connectivity index (χ2n) is 5.10. The molecule has 0 saturated heterocycles. The summed E-state index contributed by atoms with van der Waals surface area (Å²) in [5, 5.41) is 6.70. The van der Waals surface area contributed by atoms with Crippen molar-refractivity contribution in [2.24, 2.45) is 0 Å². The Morgan fingerprint density at radius 2 is 2.05 bits per heavy atom. The lowest BCUT2D eigenvalue weighted by atomic mass is 10.2. The highest BCUT2D eigenvalue weighted by molar-refractivity contribution is 6.31. The molecule has 0 unspecified atom stereocenters. The molecule has 0 bridgehead atoms. The van der Waals surface area contributed by atoms with Crippen molar-refractivity contribution in [3.05, 3.63) is 52.8 Å². The predicted octanol–water partition coefficient (Wildman–Crippen LogP) is 4.12. The van der Waals surface area contributed by atoms with Gasteiger partial charge in [-0.1, -0.05) is 17.7 Å². The minimum atomic E-state index is -0.257. The first-order valence-electron chi connectivity index (χ1n) is 6.76. The van der Waals surface area contributed by atoms with E-state index in [1.807, 2.05) is 32.9 Å². The van der Waals surface area contributed by atoms with Crippen LogP contribution in [-0.4, -0.2) is 16.9 Å². The lowest BCUT2D eigenvalue weighted by Gasteiger charge is -2.12. The number of pyridine rings is 1. The van der Waals surface area contributed by atoms with Crippen molar-refractivity contribution < 1.29 is 4.79 Å². The maximum absolute atomic E-state index is 12.3. The van der Waals surface area contributed by atoms with Crippen molar-refractivity contribution in [2.45, 2.75) is 26.8 Å². The van der Waals surface area contributed by atoms with Crippen LogP contribution < -0.4 is 10.6 Å². The first-order valence-corrected chi connectivity index (χ1v) is 7.14. The third-order valence-electron chi connectivity index (χ3n) is 2.96. The molecule has 2 rings (SSSR count). The number of aromatic nitrogens is 1. The fraction of sp³-hybridized carbons (Fsp3) is 0.250. The summed E-state index contributed by atoms with van der Waals surface area (Å²) in [7, 11) is 0. The standard InChI is InChI=1S/C16H18ClN3O/c1-10(2)19-12-7-8-18-15(9-12)16(21)20-14-6-4-5-13(17)11(14)3/h4-10H,1-3H3,(H,18,19)(H,20,21). The number of hydrogen-bond donors (Lipinski definition) is 2. The third-order valence-corrected chi connectivity index (χ3v) is 3.37. The van der Waals surface area contributed by atoms with Crippen molar-refractivity contribution in [3.63, 3.8) is 0 Å². The molecule has 1 aromatic carbocycles. The Bertz CT molecular complexity index is 656. The van der Waals surface area contributed by atoms with E-state index in [0.717, 1.165) is 11.3 Å². The van der Waals surface area contributed by atoms with Gasteiger partial charge in [0.15, 0.2) is 0 Å². The van der Waals surface area contributed by atoms with E-state index in [0.29, 0.717) is 22.4 Å². The van der Waals surface area contributed by atoms with E-state index in [-0.39, 0.29) is 5.91 Å². The smallest absolute Gasteiger partial charge is 0.274 e. The number of amides is 1. The molecular weight excluding hydrogens is 286 g/mol. The van der Waals surface area contributed by atoms with Crippen LogP contribution >= 0.6 is 11.6 Å². The molecule has 2 N–H and O–H groups in total. The van der Waals surface area contributed by atoms with Crippen LogP contribution in [-0.2, 0) is 0 Å². The van der Waals surface area contributed by atoms with Gasteiger partial charge in [-0.15, -0.1) is 0 Å². The van der Waals surface area contributed by atoms with Gasteiger partial charge in [0.25, 0.3) is 5.91 Å². The van der Waals surface area contributed by atoms with Gasteiger partial charge in [0.2, 0.25) is 0 Å². The molecule has 0 aliphatic rings. The van der Waals surface area contributed by atoms with Crippen LogP contribution in [0.25, 0.3) is 0 Å². The van der Waals surface area contributed by atoms with Crippen molar-refractivity contribution in [3.8, 4) is 0 Å². The molecule has 1 amide bonds. The zero-order chi connectivity index (χ0) is 15.4. The van der Waals surface area contributed by atoms with Crippen molar-refractivity contribution in [1.29, 1.82) is 0 Å². The zero-order valence-corrected chi connectivity index (χ0v) is 13.0. The molecule has 2 aromatic rings. The van der Waals surface area contributed by atoms with Crippen LogP contribution in [0.15, 0.2) is 36.5 Å². The molecule has 0 saturated carbocycles. The molecule has 0 fully saturated rings. The number of halogens is 1. The number of rotatable bonds is 4. The summed E-state index contributed by atoms with van der Waals surface area (Å²) in [6, 6.07) is 9.26. The van der Waals surface area contributed by atoms with E-state index < -0.39 is 0 Å². The van der Waals surface area contributed by atoms with Crippen molar-refractivity contribution in [2.75, 3.05) is 10.6 Å². The van der Waals surface area contributed by atoms with E-state index in [2.05, 4.69) is 15.6 Å². The molecule has 21 heavy (non-hydrogen) atoms. The summed E-state index contributed by atoms with van der Waals surface area (Å²) in [5.41, 5.74) is 2.76. The molecule has 0 atom stereocenters. The fourth-order valence-corrected chi connectivity index (χ4v) is 2.08. The van der Waals surface area contributed by atoms with E-state index >= 15 is 0 Å². The first-order chi connectivity index (χ1) is 9.97. The quantitative estimate of drug-likeness (QED) is 0.893. The van der Waals surface area contributed by atoms with Gasteiger partial charge in [0, 0.05) is 28.6 Å². The van der Waals surface area contributed by atoms with Crippen LogP contribution in [0.4, 0.5) is 11.4 Å². The maximum atomic E-state index is 12.3. The Kier molecular flexibility index (Phi) is 4.81. The van der Waals surface area contributed by atoms with Crippen LogP contribution in [0.1, 0.15) is 29.9 Å². The van der Waals surface area contributed by atoms with E-state index in [9.17, 15) is 4.79 Å². The minimum Gasteiger partial charge on any atom is -0.383 e. The number of carbonyl (C=O) groups excluding carboxylic acids is 1. The fourth-order valence-electron chi connectivity index (χ4n) is 1.91. The monoisotopic (exact) mass is 303 g/mol. The number of hydrogen-bond acceptors (Lipinski definition) is 3. The normalized spacial score (nSPS) is 10.5. The van der Waals surface area contributed by atoms with Crippen LogP contribution in [0.5, 0.6) is 0 Å². The van der Waals surface area contributed by atoms with Gasteiger partial charge in [-0.2, -0.15) is 0 Å². The molecule has 0 radical (unpaired) electrons. The van der Waals surface area contributed by atoms with Crippen LogP contribution in [0, 0.1) is 6.92 Å².